The van der Waals surface area contributed by atoms with Crippen molar-refractivity contribution in [2.24, 2.45) is 5.92 Å². The molecule has 0 radical (unpaired) electrons. The SMILES string of the molecule is CCc1cccc(NC(=O)C2CCN(C(=O)c3nnn4c3CO[C@H](c3ccc(OC)cc3)C4)CC2)c1. The summed E-state index contributed by atoms with van der Waals surface area (Å²) in [7, 11) is 1.64. The zero-order valence-electron chi connectivity index (χ0n) is 20.6. The number of likely N-dealkylation sites (tertiary alicyclic amines) is 1. The molecule has 9 nitrogen and oxygen atoms in total. The van der Waals surface area contributed by atoms with Gasteiger partial charge >= 0.3 is 0 Å². The largest absolute Gasteiger partial charge is 0.497 e. The highest BCUT2D eigenvalue weighted by Crippen LogP contribution is 2.29. The molecule has 0 saturated carbocycles. The quantitative estimate of drug-likeness (QED) is 0.568. The van der Waals surface area contributed by atoms with Gasteiger partial charge in [-0.2, -0.15) is 0 Å². The maximum absolute atomic E-state index is 13.2. The van der Waals surface area contributed by atoms with Crippen LogP contribution in [0.25, 0.3) is 0 Å². The van der Waals surface area contributed by atoms with Crippen LogP contribution in [0.15, 0.2) is 48.5 Å². The topological polar surface area (TPSA) is 98.6 Å². The van der Waals surface area contributed by atoms with Gasteiger partial charge in [-0.1, -0.05) is 36.4 Å². The zero-order valence-corrected chi connectivity index (χ0v) is 20.6. The Labute approximate surface area is 210 Å². The Morgan fingerprint density at radius 3 is 2.64 bits per heavy atom. The number of amides is 2. The van der Waals surface area contributed by atoms with Crippen LogP contribution in [0.5, 0.6) is 5.75 Å². The predicted molar refractivity (Wildman–Crippen MR) is 134 cm³/mol. The van der Waals surface area contributed by atoms with Gasteiger partial charge in [0.2, 0.25) is 5.91 Å². The van der Waals surface area contributed by atoms with E-state index >= 15 is 0 Å². The molecule has 0 aliphatic carbocycles. The monoisotopic (exact) mass is 489 g/mol. The Morgan fingerprint density at radius 1 is 1.14 bits per heavy atom. The van der Waals surface area contributed by atoms with Gasteiger partial charge in [-0.15, -0.1) is 5.10 Å². The number of rotatable bonds is 6. The summed E-state index contributed by atoms with van der Waals surface area (Å²) < 4.78 is 13.0. The second-order valence-electron chi connectivity index (χ2n) is 9.25. The molecule has 1 atom stereocenters. The van der Waals surface area contributed by atoms with Gasteiger partial charge < -0.3 is 19.7 Å². The van der Waals surface area contributed by atoms with Crippen LogP contribution in [-0.4, -0.2) is 51.9 Å². The first-order valence-corrected chi connectivity index (χ1v) is 12.4. The minimum atomic E-state index is -0.166. The number of piperidine rings is 1. The molecule has 0 bridgehead atoms. The van der Waals surface area contributed by atoms with Gasteiger partial charge in [-0.05, 0) is 54.7 Å². The number of carbonyl (C=O) groups excluding carboxylic acids is 2. The molecule has 188 valence electrons. The number of nitrogens with zero attached hydrogens (tertiary/aromatic N) is 4. The minimum absolute atomic E-state index is 0.00867. The van der Waals surface area contributed by atoms with E-state index in [1.807, 2.05) is 48.5 Å². The molecule has 3 aromatic rings. The van der Waals surface area contributed by atoms with E-state index in [1.165, 1.54) is 5.56 Å². The van der Waals surface area contributed by atoms with Gasteiger partial charge in [0.1, 0.15) is 11.9 Å². The van der Waals surface area contributed by atoms with Crippen molar-refractivity contribution in [3.8, 4) is 5.75 Å². The molecule has 1 fully saturated rings. The van der Waals surface area contributed by atoms with Gasteiger partial charge in [0.15, 0.2) is 5.69 Å². The van der Waals surface area contributed by atoms with Crippen molar-refractivity contribution in [1.29, 1.82) is 0 Å². The van der Waals surface area contributed by atoms with Crippen molar-refractivity contribution in [3.05, 3.63) is 71.0 Å². The second kappa shape index (κ2) is 10.5. The van der Waals surface area contributed by atoms with Crippen LogP contribution < -0.4 is 10.1 Å². The average Bonchev–Trinajstić information content (AvgIpc) is 3.36. The summed E-state index contributed by atoms with van der Waals surface area (Å²) in [5.74, 6) is 0.518. The Bertz CT molecular complexity index is 1230. The maximum Gasteiger partial charge on any atom is 0.276 e. The second-order valence-corrected chi connectivity index (χ2v) is 9.25. The van der Waals surface area contributed by atoms with Crippen LogP contribution in [0.3, 0.4) is 0 Å². The fourth-order valence-corrected chi connectivity index (χ4v) is 4.81. The van der Waals surface area contributed by atoms with Crippen LogP contribution in [0.4, 0.5) is 5.69 Å². The summed E-state index contributed by atoms with van der Waals surface area (Å²) in [5.41, 5.74) is 4.06. The smallest absolute Gasteiger partial charge is 0.276 e. The maximum atomic E-state index is 13.2. The Balaban J connectivity index is 1.18. The van der Waals surface area contributed by atoms with E-state index in [2.05, 4.69) is 22.6 Å². The van der Waals surface area contributed by atoms with Gasteiger partial charge in [0.25, 0.3) is 5.91 Å². The molecule has 5 rings (SSSR count). The third-order valence-corrected chi connectivity index (χ3v) is 7.04. The molecular weight excluding hydrogens is 458 g/mol. The number of methoxy groups -OCH3 is 1. The number of benzene rings is 2. The van der Waals surface area contributed by atoms with E-state index in [1.54, 1.807) is 16.7 Å². The van der Waals surface area contributed by atoms with Crippen LogP contribution in [0.2, 0.25) is 0 Å². The highest BCUT2D eigenvalue weighted by Gasteiger charge is 2.33. The van der Waals surface area contributed by atoms with Gasteiger partial charge in [0.05, 0.1) is 26.0 Å². The van der Waals surface area contributed by atoms with Crippen molar-refractivity contribution < 1.29 is 19.1 Å². The number of hydrogen-bond acceptors (Lipinski definition) is 6. The summed E-state index contributed by atoms with van der Waals surface area (Å²) >= 11 is 0. The highest BCUT2D eigenvalue weighted by atomic mass is 16.5. The minimum Gasteiger partial charge on any atom is -0.497 e. The summed E-state index contributed by atoms with van der Waals surface area (Å²) in [5, 5.41) is 11.5. The average molecular weight is 490 g/mol. The molecule has 2 aliphatic heterocycles. The van der Waals surface area contributed by atoms with E-state index in [-0.39, 0.29) is 30.4 Å². The summed E-state index contributed by atoms with van der Waals surface area (Å²) in [6, 6.07) is 15.7. The Kier molecular flexibility index (Phi) is 6.99. The lowest BCUT2D eigenvalue weighted by atomic mass is 9.95. The molecule has 9 heteroatoms. The lowest BCUT2D eigenvalue weighted by Crippen LogP contribution is -2.42. The number of hydrogen-bond donors (Lipinski definition) is 1. The number of anilines is 1. The summed E-state index contributed by atoms with van der Waals surface area (Å²) in [6.07, 6.45) is 1.99. The molecule has 2 aromatic carbocycles. The zero-order chi connectivity index (χ0) is 25.1. The van der Waals surface area contributed by atoms with E-state index < -0.39 is 0 Å². The van der Waals surface area contributed by atoms with E-state index in [9.17, 15) is 9.59 Å². The molecule has 36 heavy (non-hydrogen) atoms. The molecule has 2 aliphatic rings. The Hall–Kier alpha value is -3.72. The molecule has 1 aromatic heterocycles. The van der Waals surface area contributed by atoms with Crippen LogP contribution in [0.1, 0.15) is 53.2 Å². The van der Waals surface area contributed by atoms with Crippen LogP contribution in [-0.2, 0) is 29.1 Å². The van der Waals surface area contributed by atoms with Crippen molar-refractivity contribution in [2.45, 2.75) is 45.4 Å². The molecule has 1 saturated heterocycles. The fourth-order valence-electron chi connectivity index (χ4n) is 4.81. The summed E-state index contributed by atoms with van der Waals surface area (Å²) in [4.78, 5) is 27.8. The number of ether oxygens (including phenoxy) is 2. The first-order chi connectivity index (χ1) is 17.6. The van der Waals surface area contributed by atoms with Crippen LogP contribution >= 0.6 is 0 Å². The summed E-state index contributed by atoms with van der Waals surface area (Å²) in [6.45, 7) is 3.86. The van der Waals surface area contributed by atoms with Gasteiger partial charge in [-0.25, -0.2) is 4.68 Å². The van der Waals surface area contributed by atoms with Crippen molar-refractivity contribution >= 4 is 17.5 Å². The van der Waals surface area contributed by atoms with Gasteiger partial charge in [-0.3, -0.25) is 9.59 Å². The number of aryl methyl sites for hydroxylation is 1. The number of nitrogens with one attached hydrogen (secondary N) is 1. The van der Waals surface area contributed by atoms with Crippen molar-refractivity contribution in [3.63, 3.8) is 0 Å². The van der Waals surface area contributed by atoms with E-state index in [0.717, 1.165) is 23.4 Å². The molecular formula is C27H31N5O4. The normalized spacial score (nSPS) is 17.9. The molecule has 0 spiro atoms. The third-order valence-electron chi connectivity index (χ3n) is 7.04. The number of fused-ring (bicyclic) bond motifs is 1. The van der Waals surface area contributed by atoms with E-state index in [4.69, 9.17) is 9.47 Å². The lowest BCUT2D eigenvalue weighted by Gasteiger charge is -2.31. The van der Waals surface area contributed by atoms with Gasteiger partial charge in [0, 0.05) is 24.7 Å². The van der Waals surface area contributed by atoms with Crippen LogP contribution in [0, 0.1) is 5.92 Å². The molecule has 3 heterocycles. The predicted octanol–water partition coefficient (Wildman–Crippen LogP) is 3.61. The first-order valence-electron chi connectivity index (χ1n) is 12.4. The number of carbonyl (C=O) groups is 2. The standard InChI is InChI=1S/C27H31N5O4/c1-3-18-5-4-6-21(15-18)28-26(33)20-11-13-31(14-12-20)27(34)25-23-17-36-24(16-32(23)30-29-25)19-7-9-22(35-2)10-8-19/h4-10,15,20,24H,3,11-14,16-17H2,1-2H3,(H,28,33)/t24-/m0/s1. The third kappa shape index (κ3) is 4.97. The Morgan fingerprint density at radius 2 is 1.92 bits per heavy atom. The van der Waals surface area contributed by atoms with E-state index in [0.29, 0.717) is 43.9 Å². The molecule has 0 unspecified atom stereocenters. The number of aromatic nitrogens is 3. The van der Waals surface area contributed by atoms with Crippen molar-refractivity contribution in [1.82, 2.24) is 19.9 Å². The fraction of sp³-hybridized carbons (Fsp3) is 0.407. The molecule has 2 amide bonds. The molecule has 1 N–H and O–H groups in total. The highest BCUT2D eigenvalue weighted by molar-refractivity contribution is 5.94. The lowest BCUT2D eigenvalue weighted by molar-refractivity contribution is -0.121. The first kappa shape index (κ1) is 24.0. The van der Waals surface area contributed by atoms with Crippen molar-refractivity contribution in [2.75, 3.05) is 25.5 Å².